The van der Waals surface area contributed by atoms with Crippen LogP contribution >= 0.6 is 11.6 Å². The van der Waals surface area contributed by atoms with Crippen LogP contribution in [-0.4, -0.2) is 32.1 Å². The number of rotatable bonds is 9. The van der Waals surface area contributed by atoms with E-state index in [0.29, 0.717) is 17.1 Å². The van der Waals surface area contributed by atoms with E-state index in [1.165, 1.54) is 6.07 Å². The van der Waals surface area contributed by atoms with E-state index in [9.17, 15) is 4.39 Å². The smallest absolute Gasteiger partial charge is 0.131 e. The fourth-order valence-corrected chi connectivity index (χ4v) is 3.40. The molecule has 3 rings (SSSR count). The first kappa shape index (κ1) is 20.6. The number of benzene rings is 3. The zero-order valence-corrected chi connectivity index (χ0v) is 17.1. The molecule has 0 atom stereocenters. The van der Waals surface area contributed by atoms with Gasteiger partial charge >= 0.3 is 0 Å². The van der Waals surface area contributed by atoms with Crippen molar-refractivity contribution in [1.29, 1.82) is 0 Å². The number of ether oxygens (including phenoxy) is 1. The summed E-state index contributed by atoms with van der Waals surface area (Å²) in [4.78, 5) is 2.17. The van der Waals surface area contributed by atoms with Crippen molar-refractivity contribution in [2.45, 2.75) is 19.6 Å². The zero-order chi connectivity index (χ0) is 19.9. The lowest BCUT2D eigenvalue weighted by molar-refractivity contribution is 0.296. The van der Waals surface area contributed by atoms with Crippen LogP contribution < -0.4 is 10.1 Å². The van der Waals surface area contributed by atoms with Gasteiger partial charge in [0, 0.05) is 17.7 Å². The van der Waals surface area contributed by atoms with Gasteiger partial charge in [0.15, 0.2) is 0 Å². The second kappa shape index (κ2) is 9.87. The molecule has 0 aromatic heterocycles. The molecule has 3 nitrogen and oxygen atoms in total. The highest BCUT2D eigenvalue weighted by Crippen LogP contribution is 2.30. The molecule has 0 heterocycles. The van der Waals surface area contributed by atoms with Crippen LogP contribution in [0.5, 0.6) is 5.75 Å². The molecule has 148 valence electrons. The molecule has 0 aliphatic carbocycles. The molecule has 0 saturated heterocycles. The van der Waals surface area contributed by atoms with Gasteiger partial charge in [0.25, 0.3) is 0 Å². The molecule has 28 heavy (non-hydrogen) atoms. The summed E-state index contributed by atoms with van der Waals surface area (Å²) in [5, 5.41) is 6.18. The summed E-state index contributed by atoms with van der Waals surface area (Å²) < 4.78 is 20.1. The molecule has 0 bridgehead atoms. The minimum Gasteiger partial charge on any atom is -0.488 e. The van der Waals surface area contributed by atoms with Gasteiger partial charge in [-0.25, -0.2) is 4.39 Å². The van der Waals surface area contributed by atoms with E-state index in [1.807, 2.05) is 24.3 Å². The number of fused-ring (bicyclic) bond motifs is 1. The molecule has 0 aliphatic heterocycles. The van der Waals surface area contributed by atoms with E-state index in [-0.39, 0.29) is 12.4 Å². The van der Waals surface area contributed by atoms with Gasteiger partial charge in [-0.2, -0.15) is 0 Å². The van der Waals surface area contributed by atoms with Crippen molar-refractivity contribution in [1.82, 2.24) is 10.2 Å². The molecule has 1 N–H and O–H groups in total. The molecule has 0 unspecified atom stereocenters. The summed E-state index contributed by atoms with van der Waals surface area (Å²) in [6.07, 6.45) is 1.07. The van der Waals surface area contributed by atoms with Gasteiger partial charge in [-0.15, -0.1) is 0 Å². The van der Waals surface area contributed by atoms with Crippen molar-refractivity contribution >= 4 is 22.4 Å². The van der Waals surface area contributed by atoms with Gasteiger partial charge in [0.2, 0.25) is 0 Å². The van der Waals surface area contributed by atoms with Gasteiger partial charge in [0.1, 0.15) is 18.2 Å². The Morgan fingerprint density at radius 1 is 1.00 bits per heavy atom. The van der Waals surface area contributed by atoms with Crippen molar-refractivity contribution in [2.24, 2.45) is 0 Å². The van der Waals surface area contributed by atoms with Gasteiger partial charge in [0.05, 0.1) is 5.02 Å². The Morgan fingerprint density at radius 3 is 2.61 bits per heavy atom. The molecule has 0 amide bonds. The van der Waals surface area contributed by atoms with Crippen LogP contribution in [0.2, 0.25) is 5.02 Å². The highest BCUT2D eigenvalue weighted by molar-refractivity contribution is 6.31. The number of nitrogens with one attached hydrogen (secondary N) is 1. The second-order valence-corrected chi connectivity index (χ2v) is 7.49. The minimum atomic E-state index is -0.350. The van der Waals surface area contributed by atoms with Crippen molar-refractivity contribution in [3.63, 3.8) is 0 Å². The highest BCUT2D eigenvalue weighted by atomic mass is 35.5. The van der Waals surface area contributed by atoms with Crippen molar-refractivity contribution < 1.29 is 9.13 Å². The molecule has 5 heteroatoms. The number of nitrogens with zero attached hydrogens (tertiary/aromatic N) is 1. The molecular formula is C23H26ClFN2O. The molecule has 0 fully saturated rings. The Bertz CT molecular complexity index is 909. The Hall–Kier alpha value is -2.14. The first-order valence-corrected chi connectivity index (χ1v) is 9.86. The Kier molecular flexibility index (Phi) is 7.26. The maximum absolute atomic E-state index is 14.1. The SMILES string of the molecule is CN(C)CCCNCc1c(OCc2c(F)cccc2Cl)ccc2ccccc12. The summed E-state index contributed by atoms with van der Waals surface area (Å²) in [6, 6.07) is 16.9. The van der Waals surface area contributed by atoms with E-state index in [4.69, 9.17) is 16.3 Å². The van der Waals surface area contributed by atoms with Crippen LogP contribution in [0.1, 0.15) is 17.5 Å². The standard InChI is InChI=1S/C23H26ClFN2O/c1-27(2)14-6-13-26-15-19-18-8-4-3-7-17(18)11-12-23(19)28-16-20-21(24)9-5-10-22(20)25/h3-5,7-12,26H,6,13-16H2,1-2H3. The lowest BCUT2D eigenvalue weighted by atomic mass is 10.0. The number of hydrogen-bond acceptors (Lipinski definition) is 3. The van der Waals surface area contributed by atoms with Crippen LogP contribution in [-0.2, 0) is 13.2 Å². The fraction of sp³-hybridized carbons (Fsp3) is 0.304. The lowest BCUT2D eigenvalue weighted by Crippen LogP contribution is -2.21. The third-order valence-corrected chi connectivity index (χ3v) is 5.05. The molecule has 0 aliphatic rings. The van der Waals surface area contributed by atoms with Crippen LogP contribution in [0.3, 0.4) is 0 Å². The Morgan fingerprint density at radius 2 is 1.82 bits per heavy atom. The largest absolute Gasteiger partial charge is 0.488 e. The number of hydrogen-bond donors (Lipinski definition) is 1. The summed E-state index contributed by atoms with van der Waals surface area (Å²) in [7, 11) is 4.15. The molecule has 0 spiro atoms. The first-order valence-electron chi connectivity index (χ1n) is 9.48. The van der Waals surface area contributed by atoms with Gasteiger partial charge < -0.3 is 15.0 Å². The van der Waals surface area contributed by atoms with E-state index >= 15 is 0 Å². The maximum Gasteiger partial charge on any atom is 0.131 e. The summed E-state index contributed by atoms with van der Waals surface area (Å²) >= 11 is 6.14. The van der Waals surface area contributed by atoms with Crippen molar-refractivity contribution in [3.8, 4) is 5.75 Å². The minimum absolute atomic E-state index is 0.0947. The van der Waals surface area contributed by atoms with E-state index in [1.54, 1.807) is 12.1 Å². The monoisotopic (exact) mass is 400 g/mol. The average Bonchev–Trinajstić information content (AvgIpc) is 2.68. The predicted molar refractivity (Wildman–Crippen MR) is 115 cm³/mol. The normalized spacial score (nSPS) is 11.3. The Labute approximate surface area is 171 Å². The molecular weight excluding hydrogens is 375 g/mol. The third kappa shape index (κ3) is 5.22. The third-order valence-electron chi connectivity index (χ3n) is 4.69. The van der Waals surface area contributed by atoms with Crippen LogP contribution in [0.15, 0.2) is 54.6 Å². The summed E-state index contributed by atoms with van der Waals surface area (Å²) in [5.74, 6) is 0.398. The van der Waals surface area contributed by atoms with Crippen LogP contribution in [0.25, 0.3) is 10.8 Å². The van der Waals surface area contributed by atoms with Crippen LogP contribution in [0, 0.1) is 5.82 Å². The lowest BCUT2D eigenvalue weighted by Gasteiger charge is -2.16. The Balaban J connectivity index is 1.78. The highest BCUT2D eigenvalue weighted by Gasteiger charge is 2.12. The van der Waals surface area contributed by atoms with Gasteiger partial charge in [-0.05, 0) is 62.6 Å². The van der Waals surface area contributed by atoms with Gasteiger partial charge in [-0.1, -0.05) is 48.0 Å². The topological polar surface area (TPSA) is 24.5 Å². The van der Waals surface area contributed by atoms with Crippen LogP contribution in [0.4, 0.5) is 4.39 Å². The number of halogens is 2. The quantitative estimate of drug-likeness (QED) is 0.496. The van der Waals surface area contributed by atoms with E-state index in [0.717, 1.165) is 41.6 Å². The maximum atomic E-state index is 14.1. The van der Waals surface area contributed by atoms with E-state index < -0.39 is 0 Å². The fourth-order valence-electron chi connectivity index (χ4n) is 3.19. The summed E-state index contributed by atoms with van der Waals surface area (Å²) in [6.45, 7) is 2.74. The van der Waals surface area contributed by atoms with Crippen molar-refractivity contribution in [2.75, 3.05) is 27.2 Å². The molecule has 3 aromatic rings. The first-order chi connectivity index (χ1) is 13.6. The van der Waals surface area contributed by atoms with E-state index in [2.05, 4.69) is 36.4 Å². The molecule has 3 aromatic carbocycles. The average molecular weight is 401 g/mol. The molecule has 0 saturated carbocycles. The van der Waals surface area contributed by atoms with Crippen molar-refractivity contribution in [3.05, 3.63) is 76.6 Å². The second-order valence-electron chi connectivity index (χ2n) is 7.09. The summed E-state index contributed by atoms with van der Waals surface area (Å²) in [5.41, 5.74) is 1.46. The van der Waals surface area contributed by atoms with Gasteiger partial charge in [-0.3, -0.25) is 0 Å². The predicted octanol–water partition coefficient (Wildman–Crippen LogP) is 5.25. The molecule has 0 radical (unpaired) electrons. The zero-order valence-electron chi connectivity index (χ0n) is 16.3.